The number of aliphatic hydroxyl groups is 1. The summed E-state index contributed by atoms with van der Waals surface area (Å²) in [5, 5.41) is 20.4. The van der Waals surface area contributed by atoms with Crippen LogP contribution in [0.1, 0.15) is 27.6 Å². The molecular formula is C15H13ClO4. The van der Waals surface area contributed by atoms with E-state index in [-0.39, 0.29) is 11.3 Å². The van der Waals surface area contributed by atoms with Crippen LogP contribution in [0.3, 0.4) is 0 Å². The summed E-state index contributed by atoms with van der Waals surface area (Å²) in [4.78, 5) is 11.5. The average Bonchev–Trinajstić information content (AvgIpc) is 2.45. The van der Waals surface area contributed by atoms with E-state index in [9.17, 15) is 15.0 Å². The summed E-state index contributed by atoms with van der Waals surface area (Å²) in [6, 6.07) is 10.9. The summed E-state index contributed by atoms with van der Waals surface area (Å²) in [5.74, 6) is -0.704. The van der Waals surface area contributed by atoms with Crippen molar-refractivity contribution < 1.29 is 19.7 Å². The zero-order chi connectivity index (χ0) is 14.7. The molecule has 104 valence electrons. The molecule has 0 aliphatic heterocycles. The van der Waals surface area contributed by atoms with Gasteiger partial charge in [-0.15, -0.1) is 0 Å². The standard InChI is InChI=1S/C15H13ClO4/c1-20-15(19)11-5-10(7-13(17)8-11)14(18)9-3-2-4-12(16)6-9/h2-8,14,17-18H,1H3. The van der Waals surface area contributed by atoms with E-state index < -0.39 is 12.1 Å². The van der Waals surface area contributed by atoms with Gasteiger partial charge in [-0.05, 0) is 41.5 Å². The number of phenolic OH excluding ortho intramolecular Hbond substituents is 1. The highest BCUT2D eigenvalue weighted by molar-refractivity contribution is 6.30. The van der Waals surface area contributed by atoms with Crippen molar-refractivity contribution in [1.29, 1.82) is 0 Å². The maximum absolute atomic E-state index is 11.5. The molecule has 0 radical (unpaired) electrons. The molecule has 2 aromatic carbocycles. The van der Waals surface area contributed by atoms with Gasteiger partial charge in [0.2, 0.25) is 0 Å². The monoisotopic (exact) mass is 292 g/mol. The first kappa shape index (κ1) is 14.4. The minimum atomic E-state index is -0.996. The Morgan fingerprint density at radius 3 is 2.60 bits per heavy atom. The molecule has 0 fully saturated rings. The summed E-state index contributed by atoms with van der Waals surface area (Å²) >= 11 is 5.88. The van der Waals surface area contributed by atoms with Gasteiger partial charge in [-0.25, -0.2) is 4.79 Å². The molecular weight excluding hydrogens is 280 g/mol. The Labute approximate surface area is 121 Å². The number of rotatable bonds is 3. The molecule has 2 N–H and O–H groups in total. The largest absolute Gasteiger partial charge is 0.508 e. The van der Waals surface area contributed by atoms with Crippen molar-refractivity contribution in [1.82, 2.24) is 0 Å². The van der Waals surface area contributed by atoms with Gasteiger partial charge in [0, 0.05) is 5.02 Å². The number of esters is 1. The van der Waals surface area contributed by atoms with Crippen molar-refractivity contribution in [2.24, 2.45) is 0 Å². The Balaban J connectivity index is 2.41. The maximum atomic E-state index is 11.5. The summed E-state index contributed by atoms with van der Waals surface area (Å²) in [7, 11) is 1.25. The average molecular weight is 293 g/mol. The van der Waals surface area contributed by atoms with E-state index in [1.54, 1.807) is 24.3 Å². The fourth-order valence-electron chi connectivity index (χ4n) is 1.90. The van der Waals surface area contributed by atoms with Crippen LogP contribution in [-0.4, -0.2) is 23.3 Å². The van der Waals surface area contributed by atoms with Crippen LogP contribution in [0.25, 0.3) is 0 Å². The van der Waals surface area contributed by atoms with Crippen LogP contribution < -0.4 is 0 Å². The van der Waals surface area contributed by atoms with Crippen LogP contribution in [-0.2, 0) is 4.74 Å². The number of phenols is 1. The van der Waals surface area contributed by atoms with Gasteiger partial charge in [0.05, 0.1) is 12.7 Å². The molecule has 1 unspecified atom stereocenters. The van der Waals surface area contributed by atoms with E-state index in [1.807, 2.05) is 0 Å². The predicted octanol–water partition coefficient (Wildman–Crippen LogP) is 2.91. The van der Waals surface area contributed by atoms with Gasteiger partial charge in [-0.1, -0.05) is 23.7 Å². The fourth-order valence-corrected chi connectivity index (χ4v) is 2.10. The van der Waals surface area contributed by atoms with Crippen LogP contribution in [0.5, 0.6) is 5.75 Å². The molecule has 20 heavy (non-hydrogen) atoms. The normalized spacial score (nSPS) is 11.9. The minimum absolute atomic E-state index is 0.121. The number of carbonyl (C=O) groups is 1. The molecule has 0 bridgehead atoms. The number of aliphatic hydroxyl groups excluding tert-OH is 1. The Kier molecular flexibility index (Phi) is 4.27. The lowest BCUT2D eigenvalue weighted by Crippen LogP contribution is -2.05. The molecule has 2 rings (SSSR count). The van der Waals surface area contributed by atoms with E-state index in [4.69, 9.17) is 11.6 Å². The second-order valence-electron chi connectivity index (χ2n) is 4.26. The second kappa shape index (κ2) is 5.94. The van der Waals surface area contributed by atoms with E-state index in [0.717, 1.165) is 0 Å². The Hall–Kier alpha value is -2.04. The quantitative estimate of drug-likeness (QED) is 0.854. The Morgan fingerprint density at radius 2 is 1.95 bits per heavy atom. The topological polar surface area (TPSA) is 66.8 Å². The molecule has 0 aliphatic carbocycles. The van der Waals surface area contributed by atoms with Crippen molar-refractivity contribution in [3.63, 3.8) is 0 Å². The summed E-state index contributed by atoms with van der Waals surface area (Å²) in [6.45, 7) is 0. The fraction of sp³-hybridized carbons (Fsp3) is 0.133. The number of carbonyl (C=O) groups excluding carboxylic acids is 1. The number of aromatic hydroxyl groups is 1. The van der Waals surface area contributed by atoms with E-state index in [2.05, 4.69) is 4.74 Å². The van der Waals surface area contributed by atoms with Crippen LogP contribution in [0.4, 0.5) is 0 Å². The van der Waals surface area contributed by atoms with Gasteiger partial charge in [-0.3, -0.25) is 0 Å². The van der Waals surface area contributed by atoms with Gasteiger partial charge in [0.25, 0.3) is 0 Å². The summed E-state index contributed by atoms with van der Waals surface area (Å²) in [5.41, 5.74) is 1.12. The first-order valence-electron chi connectivity index (χ1n) is 5.87. The number of benzene rings is 2. The molecule has 0 aromatic heterocycles. The smallest absolute Gasteiger partial charge is 0.337 e. The molecule has 0 spiro atoms. The zero-order valence-corrected chi connectivity index (χ0v) is 11.5. The molecule has 0 heterocycles. The van der Waals surface area contributed by atoms with Crippen molar-refractivity contribution in [3.8, 4) is 5.75 Å². The molecule has 5 heteroatoms. The first-order chi connectivity index (χ1) is 9.51. The lowest BCUT2D eigenvalue weighted by atomic mass is 9.99. The van der Waals surface area contributed by atoms with Gasteiger partial charge in [0.1, 0.15) is 11.9 Å². The van der Waals surface area contributed by atoms with E-state index in [0.29, 0.717) is 16.1 Å². The number of hydrogen-bond donors (Lipinski definition) is 2. The second-order valence-corrected chi connectivity index (χ2v) is 4.70. The van der Waals surface area contributed by atoms with E-state index in [1.165, 1.54) is 25.3 Å². The molecule has 1 atom stereocenters. The Bertz CT molecular complexity index is 640. The van der Waals surface area contributed by atoms with Crippen LogP contribution in [0.2, 0.25) is 5.02 Å². The number of ether oxygens (including phenoxy) is 1. The lowest BCUT2D eigenvalue weighted by molar-refractivity contribution is 0.0600. The van der Waals surface area contributed by atoms with Gasteiger partial charge in [0.15, 0.2) is 0 Å². The van der Waals surface area contributed by atoms with Crippen molar-refractivity contribution in [2.45, 2.75) is 6.10 Å². The van der Waals surface area contributed by atoms with Crippen LogP contribution in [0.15, 0.2) is 42.5 Å². The number of hydrogen-bond acceptors (Lipinski definition) is 4. The molecule has 0 amide bonds. The maximum Gasteiger partial charge on any atom is 0.337 e. The highest BCUT2D eigenvalue weighted by Crippen LogP contribution is 2.28. The molecule has 2 aromatic rings. The zero-order valence-electron chi connectivity index (χ0n) is 10.7. The molecule has 0 saturated carbocycles. The number of halogens is 1. The van der Waals surface area contributed by atoms with Crippen molar-refractivity contribution in [2.75, 3.05) is 7.11 Å². The lowest BCUT2D eigenvalue weighted by Gasteiger charge is -2.13. The van der Waals surface area contributed by atoms with E-state index >= 15 is 0 Å². The summed E-state index contributed by atoms with van der Waals surface area (Å²) < 4.78 is 4.60. The highest BCUT2D eigenvalue weighted by atomic mass is 35.5. The van der Waals surface area contributed by atoms with Crippen molar-refractivity contribution in [3.05, 3.63) is 64.2 Å². The Morgan fingerprint density at radius 1 is 1.20 bits per heavy atom. The summed E-state index contributed by atoms with van der Waals surface area (Å²) in [6.07, 6.45) is -0.996. The molecule has 4 nitrogen and oxygen atoms in total. The van der Waals surface area contributed by atoms with Gasteiger partial charge in [-0.2, -0.15) is 0 Å². The third-order valence-electron chi connectivity index (χ3n) is 2.84. The van der Waals surface area contributed by atoms with Crippen molar-refractivity contribution >= 4 is 17.6 Å². The number of methoxy groups -OCH3 is 1. The molecule has 0 saturated heterocycles. The SMILES string of the molecule is COC(=O)c1cc(O)cc(C(O)c2cccc(Cl)c2)c1. The predicted molar refractivity (Wildman–Crippen MR) is 75.0 cm³/mol. The van der Waals surface area contributed by atoms with Gasteiger partial charge < -0.3 is 14.9 Å². The first-order valence-corrected chi connectivity index (χ1v) is 6.25. The van der Waals surface area contributed by atoms with Gasteiger partial charge >= 0.3 is 5.97 Å². The van der Waals surface area contributed by atoms with Crippen LogP contribution in [0, 0.1) is 0 Å². The third kappa shape index (κ3) is 3.10. The highest BCUT2D eigenvalue weighted by Gasteiger charge is 2.15. The minimum Gasteiger partial charge on any atom is -0.508 e. The molecule has 0 aliphatic rings. The third-order valence-corrected chi connectivity index (χ3v) is 3.08. The van der Waals surface area contributed by atoms with Crippen LogP contribution >= 0.6 is 11.6 Å².